The molecule has 2 atom stereocenters. The van der Waals surface area contributed by atoms with E-state index in [1.54, 1.807) is 0 Å². The van der Waals surface area contributed by atoms with Crippen molar-refractivity contribution < 1.29 is 4.79 Å². The Bertz CT molecular complexity index is 452. The zero-order valence-electron chi connectivity index (χ0n) is 10.9. The zero-order valence-corrected chi connectivity index (χ0v) is 10.9. The number of rotatable bonds is 3. The predicted molar refractivity (Wildman–Crippen MR) is 73.8 cm³/mol. The Labute approximate surface area is 108 Å². The Morgan fingerprint density at radius 3 is 2.61 bits per heavy atom. The minimum Gasteiger partial charge on any atom is -0.370 e. The van der Waals surface area contributed by atoms with Gasteiger partial charge in [-0.05, 0) is 37.3 Å². The monoisotopic (exact) mass is 244 g/mol. The van der Waals surface area contributed by atoms with Crippen molar-refractivity contribution in [3.63, 3.8) is 0 Å². The SMILES string of the molecule is CC1CC1C(=O)Nc1ccccc1N1CCCC1. The second-order valence-corrected chi connectivity index (χ2v) is 5.52. The van der Waals surface area contributed by atoms with Gasteiger partial charge >= 0.3 is 0 Å². The minimum atomic E-state index is 0.189. The van der Waals surface area contributed by atoms with Crippen LogP contribution in [0.1, 0.15) is 26.2 Å². The van der Waals surface area contributed by atoms with Crippen molar-refractivity contribution >= 4 is 17.3 Å². The van der Waals surface area contributed by atoms with Gasteiger partial charge in [0.1, 0.15) is 0 Å². The molecule has 1 aliphatic heterocycles. The molecule has 3 nitrogen and oxygen atoms in total. The largest absolute Gasteiger partial charge is 0.370 e. The highest BCUT2D eigenvalue weighted by Gasteiger charge is 2.39. The summed E-state index contributed by atoms with van der Waals surface area (Å²) in [6, 6.07) is 8.16. The van der Waals surface area contributed by atoms with Crippen molar-refractivity contribution in [3.8, 4) is 0 Å². The Kier molecular flexibility index (Phi) is 2.98. The summed E-state index contributed by atoms with van der Waals surface area (Å²) in [5.74, 6) is 0.981. The summed E-state index contributed by atoms with van der Waals surface area (Å²) in [4.78, 5) is 14.4. The average Bonchev–Trinajstić information content (AvgIpc) is 2.91. The van der Waals surface area contributed by atoms with Crippen LogP contribution in [0.25, 0.3) is 0 Å². The molecule has 1 saturated heterocycles. The van der Waals surface area contributed by atoms with E-state index in [9.17, 15) is 4.79 Å². The van der Waals surface area contributed by atoms with Gasteiger partial charge in [-0.3, -0.25) is 4.79 Å². The average molecular weight is 244 g/mol. The molecule has 1 N–H and O–H groups in total. The van der Waals surface area contributed by atoms with E-state index >= 15 is 0 Å². The lowest BCUT2D eigenvalue weighted by Crippen LogP contribution is -2.21. The fourth-order valence-corrected chi connectivity index (χ4v) is 2.73. The van der Waals surface area contributed by atoms with Crippen LogP contribution < -0.4 is 10.2 Å². The van der Waals surface area contributed by atoms with Gasteiger partial charge in [-0.2, -0.15) is 0 Å². The number of benzene rings is 1. The molecule has 2 aliphatic rings. The maximum atomic E-state index is 12.0. The van der Waals surface area contributed by atoms with E-state index in [4.69, 9.17) is 0 Å². The van der Waals surface area contributed by atoms with Crippen LogP contribution in [-0.4, -0.2) is 19.0 Å². The number of hydrogen-bond acceptors (Lipinski definition) is 2. The van der Waals surface area contributed by atoms with Gasteiger partial charge in [-0.1, -0.05) is 19.1 Å². The van der Waals surface area contributed by atoms with Gasteiger partial charge in [0.2, 0.25) is 5.91 Å². The second kappa shape index (κ2) is 4.63. The first-order chi connectivity index (χ1) is 8.75. The molecular weight excluding hydrogens is 224 g/mol. The molecule has 18 heavy (non-hydrogen) atoms. The van der Waals surface area contributed by atoms with Crippen LogP contribution in [-0.2, 0) is 4.79 Å². The quantitative estimate of drug-likeness (QED) is 0.886. The number of anilines is 2. The number of carbonyl (C=O) groups is 1. The smallest absolute Gasteiger partial charge is 0.227 e. The lowest BCUT2D eigenvalue weighted by atomic mass is 10.2. The van der Waals surface area contributed by atoms with E-state index in [-0.39, 0.29) is 11.8 Å². The molecule has 1 aromatic rings. The third-order valence-electron chi connectivity index (χ3n) is 4.05. The lowest BCUT2D eigenvalue weighted by Gasteiger charge is -2.21. The molecule has 1 amide bonds. The highest BCUT2D eigenvalue weighted by Crippen LogP contribution is 2.39. The zero-order chi connectivity index (χ0) is 12.5. The highest BCUT2D eigenvalue weighted by molar-refractivity contribution is 5.97. The van der Waals surface area contributed by atoms with Crippen LogP contribution in [0.5, 0.6) is 0 Å². The third kappa shape index (κ3) is 2.22. The van der Waals surface area contributed by atoms with Gasteiger partial charge in [0, 0.05) is 19.0 Å². The first-order valence-electron chi connectivity index (χ1n) is 6.90. The van der Waals surface area contributed by atoms with Crippen molar-refractivity contribution in [1.82, 2.24) is 0 Å². The third-order valence-corrected chi connectivity index (χ3v) is 4.05. The first kappa shape index (κ1) is 11.6. The standard InChI is InChI=1S/C15H20N2O/c1-11-10-12(11)15(18)16-13-6-2-3-7-14(13)17-8-4-5-9-17/h2-3,6-7,11-12H,4-5,8-10H2,1H3,(H,16,18). The van der Waals surface area contributed by atoms with E-state index < -0.39 is 0 Å². The summed E-state index contributed by atoms with van der Waals surface area (Å²) in [6.45, 7) is 4.34. The fraction of sp³-hybridized carbons (Fsp3) is 0.533. The van der Waals surface area contributed by atoms with E-state index in [1.807, 2.05) is 18.2 Å². The summed E-state index contributed by atoms with van der Waals surface area (Å²) in [5, 5.41) is 3.10. The van der Waals surface area contributed by atoms with Crippen LogP contribution in [0.15, 0.2) is 24.3 Å². The number of carbonyl (C=O) groups excluding carboxylic acids is 1. The second-order valence-electron chi connectivity index (χ2n) is 5.52. The van der Waals surface area contributed by atoms with E-state index in [2.05, 4.69) is 23.2 Å². The van der Waals surface area contributed by atoms with Gasteiger partial charge in [0.15, 0.2) is 0 Å². The predicted octanol–water partition coefficient (Wildman–Crippen LogP) is 2.88. The summed E-state index contributed by atoms with van der Waals surface area (Å²) >= 11 is 0. The molecule has 0 aromatic heterocycles. The molecule has 3 heteroatoms. The number of hydrogen-bond donors (Lipinski definition) is 1. The molecule has 3 rings (SSSR count). The van der Waals surface area contributed by atoms with Crippen LogP contribution in [0.2, 0.25) is 0 Å². The summed E-state index contributed by atoms with van der Waals surface area (Å²) in [5.41, 5.74) is 2.15. The van der Waals surface area contributed by atoms with Crippen molar-refractivity contribution in [2.75, 3.05) is 23.3 Å². The fourth-order valence-electron chi connectivity index (χ4n) is 2.73. The normalized spacial score (nSPS) is 26.2. The molecular formula is C15H20N2O. The number of nitrogens with zero attached hydrogens (tertiary/aromatic N) is 1. The topological polar surface area (TPSA) is 32.3 Å². The highest BCUT2D eigenvalue weighted by atomic mass is 16.2. The van der Waals surface area contributed by atoms with Crippen LogP contribution in [0.3, 0.4) is 0 Å². The van der Waals surface area contributed by atoms with Crippen molar-refractivity contribution in [2.45, 2.75) is 26.2 Å². The molecule has 1 aromatic carbocycles. The Morgan fingerprint density at radius 1 is 1.28 bits per heavy atom. The Morgan fingerprint density at radius 2 is 1.94 bits per heavy atom. The maximum absolute atomic E-state index is 12.0. The van der Waals surface area contributed by atoms with E-state index in [1.165, 1.54) is 18.5 Å². The van der Waals surface area contributed by atoms with Crippen molar-refractivity contribution in [3.05, 3.63) is 24.3 Å². The van der Waals surface area contributed by atoms with Gasteiger partial charge in [-0.25, -0.2) is 0 Å². The van der Waals surface area contributed by atoms with Crippen molar-refractivity contribution in [1.29, 1.82) is 0 Å². The Balaban J connectivity index is 1.76. The van der Waals surface area contributed by atoms with Gasteiger partial charge in [-0.15, -0.1) is 0 Å². The number of amides is 1. The molecule has 96 valence electrons. The molecule has 0 spiro atoms. The van der Waals surface area contributed by atoms with Gasteiger partial charge in [0.05, 0.1) is 11.4 Å². The molecule has 0 bridgehead atoms. The molecule has 1 aliphatic carbocycles. The first-order valence-corrected chi connectivity index (χ1v) is 6.90. The van der Waals surface area contributed by atoms with Crippen molar-refractivity contribution in [2.24, 2.45) is 11.8 Å². The molecule has 1 saturated carbocycles. The Hall–Kier alpha value is -1.51. The summed E-state index contributed by atoms with van der Waals surface area (Å²) in [7, 11) is 0. The molecule has 2 unspecified atom stereocenters. The molecule has 0 radical (unpaired) electrons. The van der Waals surface area contributed by atoms with Gasteiger partial charge in [0.25, 0.3) is 0 Å². The lowest BCUT2D eigenvalue weighted by molar-refractivity contribution is -0.117. The molecule has 1 heterocycles. The minimum absolute atomic E-state index is 0.189. The van der Waals surface area contributed by atoms with Crippen LogP contribution in [0.4, 0.5) is 11.4 Å². The van der Waals surface area contributed by atoms with Crippen LogP contribution >= 0.6 is 0 Å². The molecule has 2 fully saturated rings. The van der Waals surface area contributed by atoms with Gasteiger partial charge < -0.3 is 10.2 Å². The summed E-state index contributed by atoms with van der Waals surface area (Å²) < 4.78 is 0. The number of para-hydroxylation sites is 2. The van der Waals surface area contributed by atoms with E-state index in [0.717, 1.165) is 25.2 Å². The van der Waals surface area contributed by atoms with E-state index in [0.29, 0.717) is 5.92 Å². The van der Waals surface area contributed by atoms with Crippen LogP contribution in [0, 0.1) is 11.8 Å². The summed E-state index contributed by atoms with van der Waals surface area (Å²) in [6.07, 6.45) is 3.54. The maximum Gasteiger partial charge on any atom is 0.227 e. The number of nitrogens with one attached hydrogen (secondary N) is 1.